The van der Waals surface area contributed by atoms with E-state index >= 15 is 0 Å². The maximum Gasteiger partial charge on any atom is 0.331 e. The smallest absolute Gasteiger partial charge is 0.331 e. The zero-order valence-electron chi connectivity index (χ0n) is 46.1. The van der Waals surface area contributed by atoms with Crippen LogP contribution in [0, 0.1) is 35.5 Å². The second-order valence-corrected chi connectivity index (χ2v) is 21.6. The van der Waals surface area contributed by atoms with Crippen molar-refractivity contribution in [3.05, 3.63) is 60.3 Å². The molecule has 0 aromatic rings. The van der Waals surface area contributed by atoms with Crippen LogP contribution in [0.15, 0.2) is 65.2 Å². The molecule has 19 atom stereocenters. The van der Waals surface area contributed by atoms with Crippen molar-refractivity contribution in [3.8, 4) is 0 Å². The molecule has 20 heteroatoms. The number of esters is 2. The number of hydrogen-bond acceptors (Lipinski definition) is 17. The fourth-order valence-electron chi connectivity index (χ4n) is 9.58. The largest absolute Gasteiger partial charge is 0.481 e. The number of fused-ring (bicyclic) bond motifs is 2. The fourth-order valence-corrected chi connectivity index (χ4v) is 9.58. The van der Waals surface area contributed by atoms with Crippen molar-refractivity contribution in [2.75, 3.05) is 13.6 Å². The van der Waals surface area contributed by atoms with Crippen molar-refractivity contribution in [2.24, 2.45) is 46.2 Å². The average molecular weight is 1080 g/mol. The fraction of sp³-hybridized carbons (Fsp3) is 0.750. The summed E-state index contributed by atoms with van der Waals surface area (Å²) in [6.07, 6.45) is 2.26. The van der Waals surface area contributed by atoms with E-state index in [1.54, 1.807) is 66.0 Å². The first kappa shape index (κ1) is 68.0. The highest BCUT2D eigenvalue weighted by atomic mass is 16.7. The molecule has 0 radical (unpaired) electrons. The molecule has 2 aliphatic heterocycles. The van der Waals surface area contributed by atoms with Crippen LogP contribution in [0.4, 0.5) is 0 Å². The van der Waals surface area contributed by atoms with Crippen LogP contribution in [-0.2, 0) is 28.6 Å². The maximum atomic E-state index is 13.3. The van der Waals surface area contributed by atoms with Gasteiger partial charge in [-0.15, -0.1) is 0 Å². The van der Waals surface area contributed by atoms with Gasteiger partial charge in [0.05, 0.1) is 54.9 Å². The molecule has 0 aliphatic carbocycles. The van der Waals surface area contributed by atoms with Gasteiger partial charge in [-0.25, -0.2) is 4.79 Å². The second-order valence-electron chi connectivity index (χ2n) is 21.6. The minimum atomic E-state index is -2.53. The number of allylic oxidation sites excluding steroid dienone is 6. The van der Waals surface area contributed by atoms with E-state index in [1.165, 1.54) is 12.2 Å². The summed E-state index contributed by atoms with van der Waals surface area (Å²) in [6, 6.07) is 0. The number of aliphatic hydroxyl groups is 10. The molecule has 0 aromatic carbocycles. The van der Waals surface area contributed by atoms with Crippen molar-refractivity contribution >= 4 is 23.9 Å². The number of carboxylic acid groups (broad SMARTS) is 1. The number of nitrogens with one attached hydrogen (secondary N) is 1. The number of nitrogens with zero attached hydrogens (tertiary/aromatic N) is 1. The Labute approximate surface area is 450 Å². The Bertz CT molecular complexity index is 1910. The first-order valence-electron chi connectivity index (χ1n) is 27.1. The predicted molar refractivity (Wildman–Crippen MR) is 287 cm³/mol. The highest BCUT2D eigenvalue weighted by molar-refractivity contribution is 5.90. The molecule has 0 aromatic heterocycles. The van der Waals surface area contributed by atoms with E-state index in [9.17, 15) is 70.6 Å². The molecule has 0 spiro atoms. The number of rotatable bonds is 12. The number of carboxylic acids is 1. The van der Waals surface area contributed by atoms with Crippen LogP contribution in [-0.4, -0.2) is 173 Å². The standard InChI is InChI=1S/C56H95N3O17/c1-33-18-14-15-22-50(69)75-53(36(4)19-13-11-9-10-12-16-25-59-55(57)58-8)37(5)21-17-20-35(3)52(71)39(7)45(63)27-40(60)26-41(74-51(70)31-49(67)68)28-42-29-47(65)54(72)56(73,76-42)32-48(66)34(2)23-24-43(61)38(6)46(64)30-44(33)62/h9-10,14-15,17-18,20-22,33-34,36-48,52-54,60-66,71-73H,11-13,16,19,23-32H2,1-8H3,(H,67,68)(H3,57,58,59)/b10-9+,18-14+,21-17+,22-15+,35-20+/t33-,34-,36+,37-,38+,39+,40-,41+,42-,43-,44+,45+,46-,47-,48-,52+,53+,54-,56+/m1/s1. The normalized spacial score (nSPS) is 38.6. The van der Waals surface area contributed by atoms with Crippen LogP contribution in [0.1, 0.15) is 138 Å². The number of ether oxygens (including phenoxy) is 3. The molecule has 2 rings (SSSR count). The Morgan fingerprint density at radius 1 is 0.816 bits per heavy atom. The van der Waals surface area contributed by atoms with Gasteiger partial charge in [0.1, 0.15) is 24.7 Å². The molecule has 2 heterocycles. The number of aliphatic carboxylic acids is 1. The number of aliphatic imine (C=N–C) groups is 1. The third kappa shape index (κ3) is 24.7. The van der Waals surface area contributed by atoms with Crippen molar-refractivity contribution < 1.29 is 84.8 Å². The molecule has 0 saturated carbocycles. The van der Waals surface area contributed by atoms with Gasteiger partial charge in [0.2, 0.25) is 0 Å². The lowest BCUT2D eigenvalue weighted by Crippen LogP contribution is -2.60. The molecule has 2 aliphatic rings. The van der Waals surface area contributed by atoms with E-state index in [2.05, 4.69) is 22.5 Å². The number of carbonyl (C=O) groups is 3. The first-order valence-corrected chi connectivity index (χ1v) is 27.1. The van der Waals surface area contributed by atoms with Gasteiger partial charge in [0.15, 0.2) is 11.7 Å². The molecule has 1 saturated heterocycles. The molecule has 0 unspecified atom stereocenters. The van der Waals surface area contributed by atoms with Crippen LogP contribution in [0.2, 0.25) is 0 Å². The second kappa shape index (κ2) is 34.7. The summed E-state index contributed by atoms with van der Waals surface area (Å²) in [5.74, 6) is -8.29. The Morgan fingerprint density at radius 3 is 2.12 bits per heavy atom. The monoisotopic (exact) mass is 1080 g/mol. The predicted octanol–water partition coefficient (Wildman–Crippen LogP) is 3.23. The van der Waals surface area contributed by atoms with E-state index < -0.39 is 133 Å². The maximum absolute atomic E-state index is 13.3. The van der Waals surface area contributed by atoms with Gasteiger partial charge in [-0.05, 0) is 75.7 Å². The molecule has 76 heavy (non-hydrogen) atoms. The highest BCUT2D eigenvalue weighted by Crippen LogP contribution is 2.36. The van der Waals surface area contributed by atoms with E-state index in [0.717, 1.165) is 32.1 Å². The first-order chi connectivity index (χ1) is 35.7. The lowest BCUT2D eigenvalue weighted by atomic mass is 9.83. The van der Waals surface area contributed by atoms with Gasteiger partial charge in [-0.3, -0.25) is 14.6 Å². The Morgan fingerprint density at radius 2 is 1.46 bits per heavy atom. The molecule has 436 valence electrons. The van der Waals surface area contributed by atoms with Gasteiger partial charge >= 0.3 is 17.9 Å². The lowest BCUT2D eigenvalue weighted by molar-refractivity contribution is -0.333. The topological polar surface area (TPSA) is 352 Å². The Balaban J connectivity index is 2.44. The zero-order valence-corrected chi connectivity index (χ0v) is 46.1. The molecule has 14 N–H and O–H groups in total. The van der Waals surface area contributed by atoms with Gasteiger partial charge in [0, 0.05) is 75.4 Å². The summed E-state index contributed by atoms with van der Waals surface area (Å²) in [6.45, 7) is 12.9. The lowest BCUT2D eigenvalue weighted by Gasteiger charge is -2.45. The minimum absolute atomic E-state index is 0.0637. The summed E-state index contributed by atoms with van der Waals surface area (Å²) >= 11 is 0. The third-order valence-electron chi connectivity index (χ3n) is 15.0. The Hall–Kier alpha value is -4.06. The average Bonchev–Trinajstić information content (AvgIpc) is 3.35. The van der Waals surface area contributed by atoms with Gasteiger partial charge in [-0.2, -0.15) is 0 Å². The summed E-state index contributed by atoms with van der Waals surface area (Å²) in [5, 5.41) is 124. The molecule has 0 amide bonds. The van der Waals surface area contributed by atoms with Crippen LogP contribution in [0.5, 0.6) is 0 Å². The van der Waals surface area contributed by atoms with E-state index in [4.69, 9.17) is 19.9 Å². The van der Waals surface area contributed by atoms with Crippen molar-refractivity contribution in [1.82, 2.24) is 5.32 Å². The number of guanidine groups is 1. The van der Waals surface area contributed by atoms with Gasteiger partial charge < -0.3 is 81.4 Å². The summed E-state index contributed by atoms with van der Waals surface area (Å²) < 4.78 is 17.4. The van der Waals surface area contributed by atoms with Crippen LogP contribution >= 0.6 is 0 Å². The van der Waals surface area contributed by atoms with E-state index in [0.29, 0.717) is 18.1 Å². The number of carbonyl (C=O) groups excluding carboxylic acids is 2. The van der Waals surface area contributed by atoms with Gasteiger partial charge in [-0.1, -0.05) is 90.2 Å². The van der Waals surface area contributed by atoms with Crippen LogP contribution in [0.3, 0.4) is 0 Å². The SMILES string of the molecule is CN=C(N)NCCC/C=C/CCC[C@H](C)[C@@H]1OC(=O)/C=C/C=C/[C@@H](C)[C@@H](O)C[C@@H](O)[C@@H](C)[C@H](O)CC[C@@H](C)[C@H](O)C[C@]2(O)O[C@H](C[C@@H](OC(=O)CC(=O)O)C[C@@H](O)C[C@H](O)[C@H](C)[C@@H](O)/C(C)=C/C=C/[C@H]1C)C[C@@H](O)[C@H]2O. The zero-order chi connectivity index (χ0) is 57.3. The van der Waals surface area contributed by atoms with E-state index in [1.807, 2.05) is 19.9 Å². The number of unbranched alkanes of at least 4 members (excludes halogenated alkanes) is 2. The molecule has 20 nitrogen and oxygen atoms in total. The quantitative estimate of drug-likeness (QED) is 0.0333. The number of cyclic esters (lactones) is 1. The van der Waals surface area contributed by atoms with Crippen molar-refractivity contribution in [2.45, 2.75) is 217 Å². The summed E-state index contributed by atoms with van der Waals surface area (Å²) in [7, 11) is 1.62. The van der Waals surface area contributed by atoms with Gasteiger partial charge in [0.25, 0.3) is 0 Å². The van der Waals surface area contributed by atoms with Crippen molar-refractivity contribution in [1.29, 1.82) is 0 Å². The van der Waals surface area contributed by atoms with Crippen molar-refractivity contribution in [3.63, 3.8) is 0 Å². The summed E-state index contributed by atoms with van der Waals surface area (Å²) in [4.78, 5) is 41.2. The van der Waals surface area contributed by atoms with Crippen LogP contribution in [0.25, 0.3) is 0 Å². The highest BCUT2D eigenvalue weighted by Gasteiger charge is 2.50. The number of nitrogens with two attached hydrogens (primary N) is 1. The molecular weight excluding hydrogens is 987 g/mol. The molecular formula is C56H95N3O17. The summed E-state index contributed by atoms with van der Waals surface area (Å²) in [5.41, 5.74) is 6.16. The molecule has 1 fully saturated rings. The Kier molecular flexibility index (Phi) is 31.1. The minimum Gasteiger partial charge on any atom is -0.481 e. The number of hydrogen-bond donors (Lipinski definition) is 13. The number of aliphatic hydroxyl groups excluding tert-OH is 9. The third-order valence-corrected chi connectivity index (χ3v) is 15.0. The molecule has 2 bridgehead atoms. The van der Waals surface area contributed by atoms with Crippen LogP contribution < -0.4 is 11.1 Å². The van der Waals surface area contributed by atoms with E-state index in [-0.39, 0.29) is 56.8 Å².